The Morgan fingerprint density at radius 3 is 2.04 bits per heavy atom. The Labute approximate surface area is 148 Å². The van der Waals surface area contributed by atoms with Gasteiger partial charge in [0.1, 0.15) is 0 Å². The van der Waals surface area contributed by atoms with Gasteiger partial charge in [0, 0.05) is 13.1 Å². The van der Waals surface area contributed by atoms with E-state index in [9.17, 15) is 22.8 Å². The highest BCUT2D eigenvalue weighted by Gasteiger charge is 2.34. The number of imide groups is 1. The second-order valence-electron chi connectivity index (χ2n) is 6.06. The molecule has 0 radical (unpaired) electrons. The first-order chi connectivity index (χ1) is 12.5. The molecule has 1 aliphatic heterocycles. The fraction of sp³-hybridized carbons (Fsp3) is 0.263. The molecule has 1 heterocycles. The predicted molar refractivity (Wildman–Crippen MR) is 89.1 cm³/mol. The van der Waals surface area contributed by atoms with Crippen LogP contribution in [0.25, 0.3) is 0 Å². The Morgan fingerprint density at radius 1 is 0.885 bits per heavy atom. The highest BCUT2D eigenvalue weighted by Crippen LogP contribution is 2.22. The van der Waals surface area contributed by atoms with Crippen molar-refractivity contribution < 1.29 is 22.8 Å². The van der Waals surface area contributed by atoms with Crippen molar-refractivity contribution in [3.05, 3.63) is 70.5 Å². The second-order valence-corrected chi connectivity index (χ2v) is 6.06. The maximum atomic E-state index is 13.1. The fourth-order valence-electron chi connectivity index (χ4n) is 2.90. The molecule has 26 heavy (non-hydrogen) atoms. The third-order valence-corrected chi connectivity index (χ3v) is 4.24. The third-order valence-electron chi connectivity index (χ3n) is 4.24. The molecule has 7 heteroatoms. The van der Waals surface area contributed by atoms with Crippen molar-refractivity contribution in [2.45, 2.75) is 19.4 Å². The van der Waals surface area contributed by atoms with Crippen LogP contribution in [0.2, 0.25) is 0 Å². The summed E-state index contributed by atoms with van der Waals surface area (Å²) < 4.78 is 39.1. The first-order valence-electron chi connectivity index (χ1n) is 8.28. The van der Waals surface area contributed by atoms with Gasteiger partial charge in [0.2, 0.25) is 0 Å². The number of unbranched alkanes of at least 4 members (excludes halogenated alkanes) is 1. The first-order valence-corrected chi connectivity index (χ1v) is 8.28. The number of halogens is 3. The van der Waals surface area contributed by atoms with Crippen LogP contribution in [-0.4, -0.2) is 29.8 Å². The largest absolute Gasteiger partial charge is 0.313 e. The van der Waals surface area contributed by atoms with E-state index in [0.717, 1.165) is 12.1 Å². The summed E-state index contributed by atoms with van der Waals surface area (Å²) in [6.07, 6.45) is 1.27. The zero-order chi connectivity index (χ0) is 18.7. The smallest absolute Gasteiger partial charge is 0.261 e. The van der Waals surface area contributed by atoms with Gasteiger partial charge in [0.15, 0.2) is 17.5 Å². The molecule has 1 N–H and O–H groups in total. The van der Waals surface area contributed by atoms with Crippen LogP contribution in [0.3, 0.4) is 0 Å². The van der Waals surface area contributed by atoms with Crippen LogP contribution >= 0.6 is 0 Å². The highest BCUT2D eigenvalue weighted by molar-refractivity contribution is 6.21. The van der Waals surface area contributed by atoms with Crippen molar-refractivity contribution in [1.82, 2.24) is 10.2 Å². The van der Waals surface area contributed by atoms with Gasteiger partial charge in [0.05, 0.1) is 11.1 Å². The van der Waals surface area contributed by atoms with Gasteiger partial charge in [-0.2, -0.15) is 0 Å². The van der Waals surface area contributed by atoms with E-state index >= 15 is 0 Å². The quantitative estimate of drug-likeness (QED) is 0.467. The minimum atomic E-state index is -1.48. The van der Waals surface area contributed by atoms with Gasteiger partial charge in [0.25, 0.3) is 11.8 Å². The molecule has 2 amide bonds. The highest BCUT2D eigenvalue weighted by atomic mass is 19.2. The Bertz CT molecular complexity index is 796. The molecule has 0 saturated heterocycles. The van der Waals surface area contributed by atoms with Crippen molar-refractivity contribution in [3.63, 3.8) is 0 Å². The number of nitrogens with one attached hydrogen (secondary N) is 1. The number of rotatable bonds is 7. The van der Waals surface area contributed by atoms with E-state index in [2.05, 4.69) is 5.32 Å². The summed E-state index contributed by atoms with van der Waals surface area (Å²) in [4.78, 5) is 25.6. The van der Waals surface area contributed by atoms with Crippen LogP contribution in [0, 0.1) is 17.5 Å². The van der Waals surface area contributed by atoms with Crippen molar-refractivity contribution in [3.8, 4) is 0 Å². The molecule has 3 rings (SSSR count). The number of fused-ring (bicyclic) bond motifs is 1. The predicted octanol–water partition coefficient (Wildman–Crippen LogP) is 3.27. The molecule has 0 atom stereocenters. The van der Waals surface area contributed by atoms with Crippen molar-refractivity contribution in [2.24, 2.45) is 0 Å². The summed E-state index contributed by atoms with van der Waals surface area (Å²) in [5.74, 6) is -4.47. The Hall–Kier alpha value is -2.67. The molecule has 4 nitrogen and oxygen atoms in total. The van der Waals surface area contributed by atoms with E-state index in [1.807, 2.05) is 0 Å². The van der Waals surface area contributed by atoms with E-state index in [1.165, 1.54) is 4.90 Å². The molecule has 0 spiro atoms. The Balaban J connectivity index is 1.42. The summed E-state index contributed by atoms with van der Waals surface area (Å²) in [5, 5.41) is 3.00. The number of benzene rings is 2. The van der Waals surface area contributed by atoms with Crippen LogP contribution in [0.4, 0.5) is 13.2 Å². The number of hydrogen-bond acceptors (Lipinski definition) is 3. The molecular formula is C19H17F3N2O2. The molecular weight excluding hydrogens is 345 g/mol. The second kappa shape index (κ2) is 7.70. The molecule has 0 saturated carbocycles. The monoisotopic (exact) mass is 362 g/mol. The molecule has 0 aliphatic carbocycles. The lowest BCUT2D eigenvalue weighted by molar-refractivity contribution is 0.0651. The van der Waals surface area contributed by atoms with Crippen LogP contribution in [0.5, 0.6) is 0 Å². The normalized spacial score (nSPS) is 13.4. The maximum Gasteiger partial charge on any atom is 0.261 e. The van der Waals surface area contributed by atoms with Crippen LogP contribution in [-0.2, 0) is 6.54 Å². The van der Waals surface area contributed by atoms with Gasteiger partial charge in [-0.25, -0.2) is 13.2 Å². The summed E-state index contributed by atoms with van der Waals surface area (Å²) in [6.45, 7) is 1.04. The average Bonchev–Trinajstić information content (AvgIpc) is 2.87. The van der Waals surface area contributed by atoms with Gasteiger partial charge in [-0.05, 0) is 49.2 Å². The number of carbonyl (C=O) groups is 2. The van der Waals surface area contributed by atoms with Gasteiger partial charge in [-0.3, -0.25) is 14.5 Å². The average molecular weight is 362 g/mol. The van der Waals surface area contributed by atoms with Crippen LogP contribution in [0.1, 0.15) is 39.1 Å². The van der Waals surface area contributed by atoms with Gasteiger partial charge in [-0.1, -0.05) is 12.1 Å². The standard InChI is InChI=1S/C19H17F3N2O2/c20-15-9-12(10-16(21)17(15)22)11-23-7-3-4-8-24-18(25)13-5-1-2-6-14(13)19(24)26/h1-2,5-6,9-10,23H,3-4,7-8,11H2. The number of nitrogens with zero attached hydrogens (tertiary/aromatic N) is 1. The molecule has 1 aliphatic rings. The molecule has 0 fully saturated rings. The molecule has 136 valence electrons. The Morgan fingerprint density at radius 2 is 1.46 bits per heavy atom. The van der Waals surface area contributed by atoms with E-state index in [1.54, 1.807) is 24.3 Å². The van der Waals surface area contributed by atoms with E-state index < -0.39 is 17.5 Å². The van der Waals surface area contributed by atoms with E-state index in [0.29, 0.717) is 42.6 Å². The fourth-order valence-corrected chi connectivity index (χ4v) is 2.90. The summed E-state index contributed by atoms with van der Waals surface area (Å²) in [5.41, 5.74) is 1.16. The van der Waals surface area contributed by atoms with Crippen molar-refractivity contribution >= 4 is 11.8 Å². The first kappa shape index (κ1) is 18.1. The molecule has 2 aromatic carbocycles. The number of amides is 2. The number of carbonyl (C=O) groups excluding carboxylic acids is 2. The van der Waals surface area contributed by atoms with Crippen molar-refractivity contribution in [2.75, 3.05) is 13.1 Å². The summed E-state index contributed by atoms with van der Waals surface area (Å²) in [6, 6.07) is 8.61. The molecule has 0 unspecified atom stereocenters. The van der Waals surface area contributed by atoms with Crippen LogP contribution in [0.15, 0.2) is 36.4 Å². The SMILES string of the molecule is O=C1c2ccccc2C(=O)N1CCCCNCc1cc(F)c(F)c(F)c1. The lowest BCUT2D eigenvalue weighted by Crippen LogP contribution is -2.31. The van der Waals surface area contributed by atoms with Gasteiger partial charge < -0.3 is 5.32 Å². The summed E-state index contributed by atoms with van der Waals surface area (Å²) in [7, 11) is 0. The molecule has 0 bridgehead atoms. The lowest BCUT2D eigenvalue weighted by Gasteiger charge is -2.13. The zero-order valence-electron chi connectivity index (χ0n) is 13.9. The van der Waals surface area contributed by atoms with Gasteiger partial charge >= 0.3 is 0 Å². The third kappa shape index (κ3) is 3.62. The van der Waals surface area contributed by atoms with Crippen LogP contribution < -0.4 is 5.32 Å². The van der Waals surface area contributed by atoms with Crippen molar-refractivity contribution in [1.29, 1.82) is 0 Å². The number of hydrogen-bond donors (Lipinski definition) is 1. The topological polar surface area (TPSA) is 49.4 Å². The van der Waals surface area contributed by atoms with E-state index in [-0.39, 0.29) is 18.4 Å². The molecule has 2 aromatic rings. The molecule has 0 aromatic heterocycles. The minimum absolute atomic E-state index is 0.196. The minimum Gasteiger partial charge on any atom is -0.313 e. The maximum absolute atomic E-state index is 13.1. The van der Waals surface area contributed by atoms with Gasteiger partial charge in [-0.15, -0.1) is 0 Å². The summed E-state index contributed by atoms with van der Waals surface area (Å²) >= 11 is 0. The lowest BCUT2D eigenvalue weighted by atomic mass is 10.1. The van der Waals surface area contributed by atoms with E-state index in [4.69, 9.17) is 0 Å². The Kier molecular flexibility index (Phi) is 5.37. The zero-order valence-corrected chi connectivity index (χ0v) is 13.9.